The van der Waals surface area contributed by atoms with Crippen LogP contribution in [0.5, 0.6) is 6.01 Å². The fraction of sp³-hybridized carbons (Fsp3) is 0.500. The molecule has 3 aromatic rings. The molecule has 1 unspecified atom stereocenters. The highest BCUT2D eigenvalue weighted by molar-refractivity contribution is 7.09. The second kappa shape index (κ2) is 8.91. The van der Waals surface area contributed by atoms with Gasteiger partial charge in [-0.1, -0.05) is 6.07 Å². The lowest BCUT2D eigenvalue weighted by atomic mass is 9.96. The highest BCUT2D eigenvalue weighted by atomic mass is 32.1. The number of hydrogen-bond donors (Lipinski definition) is 1. The second-order valence-electron chi connectivity index (χ2n) is 7.51. The lowest BCUT2D eigenvalue weighted by Crippen LogP contribution is -2.41. The summed E-state index contributed by atoms with van der Waals surface area (Å²) in [6.45, 7) is 2.23. The molecule has 1 aliphatic rings. The molecule has 0 saturated carbocycles. The van der Waals surface area contributed by atoms with Crippen molar-refractivity contribution in [3.8, 4) is 6.01 Å². The zero-order chi connectivity index (χ0) is 21.3. The number of nitrogens with two attached hydrogens (primary N) is 1. The van der Waals surface area contributed by atoms with Gasteiger partial charge in [0.1, 0.15) is 11.2 Å². The number of para-hydroxylation sites is 1. The molecule has 10 heteroatoms. The predicted octanol–water partition coefficient (Wildman–Crippen LogP) is 3.90. The van der Waals surface area contributed by atoms with Crippen LogP contribution >= 0.6 is 11.3 Å². The van der Waals surface area contributed by atoms with Crippen LogP contribution in [-0.2, 0) is 7.05 Å². The van der Waals surface area contributed by atoms with E-state index in [1.54, 1.807) is 23.7 Å². The van der Waals surface area contributed by atoms with Gasteiger partial charge in [0.25, 0.3) is 12.4 Å². The van der Waals surface area contributed by atoms with E-state index in [1.165, 1.54) is 22.9 Å². The van der Waals surface area contributed by atoms with Crippen molar-refractivity contribution in [3.05, 3.63) is 40.1 Å². The average molecular weight is 440 g/mol. The van der Waals surface area contributed by atoms with Crippen LogP contribution in [0.15, 0.2) is 23.7 Å². The number of rotatable bonds is 7. The quantitative estimate of drug-likeness (QED) is 0.605. The van der Waals surface area contributed by atoms with E-state index in [0.717, 1.165) is 25.9 Å². The molecule has 0 radical (unpaired) electrons. The largest absolute Gasteiger partial charge is 0.464 e. The molecule has 4 rings (SSSR count). The molecule has 3 heterocycles. The normalized spacial score (nSPS) is 17.1. The van der Waals surface area contributed by atoms with E-state index in [1.807, 2.05) is 0 Å². The summed E-state index contributed by atoms with van der Waals surface area (Å²) < 4.78 is 48.0. The van der Waals surface area contributed by atoms with E-state index < -0.39 is 6.43 Å². The minimum atomic E-state index is -2.59. The van der Waals surface area contributed by atoms with Gasteiger partial charge in [-0.15, -0.1) is 11.3 Å². The first-order chi connectivity index (χ1) is 14.5. The minimum Gasteiger partial charge on any atom is -0.464 e. The number of halogens is 3. The topological polar surface area (TPSA) is 69.2 Å². The van der Waals surface area contributed by atoms with Gasteiger partial charge < -0.3 is 10.5 Å². The number of aromatic nitrogens is 3. The number of benzene rings is 1. The third-order valence-electron chi connectivity index (χ3n) is 5.72. The zero-order valence-corrected chi connectivity index (χ0v) is 17.4. The molecule has 0 bridgehead atoms. The van der Waals surface area contributed by atoms with E-state index in [-0.39, 0.29) is 24.1 Å². The smallest absolute Gasteiger partial charge is 0.297 e. The summed E-state index contributed by atoms with van der Waals surface area (Å²) in [6, 6.07) is 4.98. The monoisotopic (exact) mass is 439 g/mol. The fourth-order valence-corrected chi connectivity index (χ4v) is 4.96. The summed E-state index contributed by atoms with van der Waals surface area (Å²) in [5.41, 5.74) is 8.21. The van der Waals surface area contributed by atoms with Crippen LogP contribution in [0.3, 0.4) is 0 Å². The van der Waals surface area contributed by atoms with Gasteiger partial charge in [-0.05, 0) is 44.0 Å². The van der Waals surface area contributed by atoms with Gasteiger partial charge in [-0.2, -0.15) is 4.98 Å². The van der Waals surface area contributed by atoms with Crippen LogP contribution in [0.2, 0.25) is 0 Å². The summed E-state index contributed by atoms with van der Waals surface area (Å²) in [4.78, 5) is 10.8. The van der Waals surface area contributed by atoms with Crippen LogP contribution < -0.4 is 10.5 Å². The minimum absolute atomic E-state index is 0.157. The van der Waals surface area contributed by atoms with Crippen LogP contribution in [0, 0.1) is 11.7 Å². The average Bonchev–Trinajstić information content (AvgIpc) is 3.34. The van der Waals surface area contributed by atoms with Gasteiger partial charge in [-0.25, -0.2) is 18.2 Å². The molecule has 1 aliphatic heterocycles. The van der Waals surface area contributed by atoms with Crippen molar-refractivity contribution in [3.63, 3.8) is 0 Å². The van der Waals surface area contributed by atoms with Gasteiger partial charge in [0.15, 0.2) is 5.82 Å². The summed E-state index contributed by atoms with van der Waals surface area (Å²) >= 11 is 1.24. The molecule has 2 aromatic heterocycles. The molecule has 2 N–H and O–H groups in total. The van der Waals surface area contributed by atoms with Gasteiger partial charge in [-0.3, -0.25) is 9.47 Å². The van der Waals surface area contributed by atoms with Gasteiger partial charge >= 0.3 is 0 Å². The first-order valence-corrected chi connectivity index (χ1v) is 10.8. The van der Waals surface area contributed by atoms with Crippen LogP contribution in [0.1, 0.15) is 35.9 Å². The Labute approximate surface area is 176 Å². The Balaban J connectivity index is 1.36. The molecule has 6 nitrogen and oxygen atoms in total. The maximum atomic E-state index is 13.9. The zero-order valence-electron chi connectivity index (χ0n) is 16.6. The molecule has 1 saturated heterocycles. The summed E-state index contributed by atoms with van der Waals surface area (Å²) in [6.07, 6.45) is -0.876. The van der Waals surface area contributed by atoms with Crippen LogP contribution in [-0.4, -0.2) is 45.7 Å². The van der Waals surface area contributed by atoms with Crippen molar-refractivity contribution in [1.82, 2.24) is 19.4 Å². The number of likely N-dealkylation sites (tertiary alicyclic amines) is 1. The van der Waals surface area contributed by atoms with Gasteiger partial charge in [0.2, 0.25) is 0 Å². The number of imidazole rings is 1. The molecule has 162 valence electrons. The molecule has 0 aliphatic carbocycles. The highest BCUT2D eigenvalue weighted by Crippen LogP contribution is 2.34. The maximum Gasteiger partial charge on any atom is 0.297 e. The Bertz CT molecular complexity index is 1000. The van der Waals surface area contributed by atoms with Crippen molar-refractivity contribution >= 4 is 22.4 Å². The Hall–Kier alpha value is -2.17. The van der Waals surface area contributed by atoms with E-state index in [9.17, 15) is 13.2 Å². The first-order valence-electron chi connectivity index (χ1n) is 9.88. The Morgan fingerprint density at radius 2 is 2.07 bits per heavy atom. The van der Waals surface area contributed by atoms with E-state index in [0.29, 0.717) is 34.4 Å². The highest BCUT2D eigenvalue weighted by Gasteiger charge is 2.30. The molecule has 1 aromatic carbocycles. The number of fused-ring (bicyclic) bond motifs is 1. The standard InChI is InChI=1S/C20H24F3N5OS/c1-27-14-4-2-3-13(21)16(14)26-20(27)29-10-12-5-7-28(8-6-12)15(9-24)18-17(19(22)23)25-11-30-18/h2-4,11-12,15,19H,5-10,24H2,1H3. The lowest BCUT2D eigenvalue weighted by Gasteiger charge is -2.36. The number of piperidine rings is 1. The lowest BCUT2D eigenvalue weighted by molar-refractivity contribution is 0.102. The van der Waals surface area contributed by atoms with E-state index in [2.05, 4.69) is 14.9 Å². The molecule has 0 amide bonds. The number of ether oxygens (including phenoxy) is 1. The molecular formula is C20H24F3N5OS. The van der Waals surface area contributed by atoms with E-state index in [4.69, 9.17) is 10.5 Å². The molecular weight excluding hydrogens is 415 g/mol. The third-order valence-corrected chi connectivity index (χ3v) is 6.66. The van der Waals surface area contributed by atoms with Crippen molar-refractivity contribution in [2.24, 2.45) is 18.7 Å². The van der Waals surface area contributed by atoms with Gasteiger partial charge in [0.05, 0.1) is 28.6 Å². The number of nitrogens with zero attached hydrogens (tertiary/aromatic N) is 4. The predicted molar refractivity (Wildman–Crippen MR) is 109 cm³/mol. The summed E-state index contributed by atoms with van der Waals surface area (Å²) in [5, 5.41) is 0. The summed E-state index contributed by atoms with van der Waals surface area (Å²) in [7, 11) is 1.80. The number of aryl methyl sites for hydroxylation is 1. The Morgan fingerprint density at radius 3 is 2.73 bits per heavy atom. The van der Waals surface area contributed by atoms with Crippen molar-refractivity contribution in [2.45, 2.75) is 25.3 Å². The van der Waals surface area contributed by atoms with Crippen molar-refractivity contribution in [1.29, 1.82) is 0 Å². The summed E-state index contributed by atoms with van der Waals surface area (Å²) in [5.74, 6) is -0.0642. The molecule has 1 atom stereocenters. The second-order valence-corrected chi connectivity index (χ2v) is 8.39. The molecule has 1 fully saturated rings. The van der Waals surface area contributed by atoms with Crippen LogP contribution in [0.25, 0.3) is 11.0 Å². The number of thiazole rings is 1. The Kier molecular flexibility index (Phi) is 6.26. The van der Waals surface area contributed by atoms with Gasteiger partial charge in [0, 0.05) is 13.6 Å². The maximum absolute atomic E-state index is 13.9. The van der Waals surface area contributed by atoms with Crippen LogP contribution in [0.4, 0.5) is 13.2 Å². The van der Waals surface area contributed by atoms with E-state index >= 15 is 0 Å². The van der Waals surface area contributed by atoms with Crippen molar-refractivity contribution in [2.75, 3.05) is 26.2 Å². The van der Waals surface area contributed by atoms with Crippen molar-refractivity contribution < 1.29 is 17.9 Å². The molecule has 0 spiro atoms. The SMILES string of the molecule is Cn1c(OCC2CCN(C(CN)c3scnc3C(F)F)CC2)nc2c(F)cccc21. The fourth-order valence-electron chi connectivity index (χ4n) is 4.01. The molecule has 30 heavy (non-hydrogen) atoms. The third kappa shape index (κ3) is 4.03. The first kappa shape index (κ1) is 21.1. The number of hydrogen-bond acceptors (Lipinski definition) is 6. The number of alkyl halides is 2. The Morgan fingerprint density at radius 1 is 1.30 bits per heavy atom.